The van der Waals surface area contributed by atoms with Crippen LogP contribution in [-0.2, 0) is 15.0 Å². The molecule has 2 fully saturated rings. The van der Waals surface area contributed by atoms with Crippen LogP contribution in [0.15, 0.2) is 18.2 Å². The van der Waals surface area contributed by atoms with Crippen molar-refractivity contribution in [2.24, 2.45) is 5.92 Å². The topological polar surface area (TPSA) is 84.9 Å². The summed E-state index contributed by atoms with van der Waals surface area (Å²) < 4.78 is 35.7. The van der Waals surface area contributed by atoms with Gasteiger partial charge >= 0.3 is 16.4 Å². The highest BCUT2D eigenvalue weighted by molar-refractivity contribution is 7.85. The minimum Gasteiger partial charge on any atom is -0.448 e. The van der Waals surface area contributed by atoms with E-state index >= 15 is 0 Å². The standard InChI is InChI=1S/C17H22Cl2N2O5S/c18-13-6-7-14(19)16(10-13)26-27(23,24)20-17(22)25-11-12-4-3-9-21-8-2-1-5-15(12)21/h6-7,10,12,15H,1-5,8-9,11H2,(H,20,22). The SMILES string of the molecule is O=C(NS(=O)(=O)Oc1cc(Cl)ccc1Cl)OCC1CCCN2CCCCC12. The Labute approximate surface area is 169 Å². The van der Waals surface area contributed by atoms with Crippen LogP contribution in [-0.4, -0.2) is 45.1 Å². The number of benzene rings is 1. The molecule has 7 nitrogen and oxygen atoms in total. The molecule has 2 saturated heterocycles. The molecule has 2 aliphatic heterocycles. The number of hydrogen-bond acceptors (Lipinski definition) is 6. The molecule has 1 N–H and O–H groups in total. The molecule has 0 spiro atoms. The summed E-state index contributed by atoms with van der Waals surface area (Å²) in [5.74, 6) is 0.0467. The molecule has 1 aromatic carbocycles. The Morgan fingerprint density at radius 3 is 2.78 bits per heavy atom. The van der Waals surface area contributed by atoms with E-state index in [2.05, 4.69) is 4.90 Å². The maximum absolute atomic E-state index is 12.0. The highest BCUT2D eigenvalue weighted by Crippen LogP contribution is 2.31. The van der Waals surface area contributed by atoms with Gasteiger partial charge < -0.3 is 8.92 Å². The highest BCUT2D eigenvalue weighted by atomic mass is 35.5. The van der Waals surface area contributed by atoms with E-state index in [1.165, 1.54) is 31.0 Å². The lowest BCUT2D eigenvalue weighted by molar-refractivity contribution is 0.0244. The first-order valence-corrected chi connectivity index (χ1v) is 11.1. The number of piperidine rings is 2. The van der Waals surface area contributed by atoms with E-state index < -0.39 is 16.4 Å². The van der Waals surface area contributed by atoms with Crippen LogP contribution in [0, 0.1) is 5.92 Å². The molecular weight excluding hydrogens is 415 g/mol. The molecule has 10 heteroatoms. The third-order valence-electron chi connectivity index (χ3n) is 4.96. The number of carbonyl (C=O) groups excluding carboxylic acids is 1. The van der Waals surface area contributed by atoms with Gasteiger partial charge in [-0.05, 0) is 50.9 Å². The summed E-state index contributed by atoms with van der Waals surface area (Å²) in [6.07, 6.45) is 4.42. The molecule has 0 bridgehead atoms. The fraction of sp³-hybridized carbons (Fsp3) is 0.588. The number of rotatable bonds is 5. The zero-order valence-electron chi connectivity index (χ0n) is 14.7. The molecule has 2 atom stereocenters. The monoisotopic (exact) mass is 436 g/mol. The second kappa shape index (κ2) is 8.86. The van der Waals surface area contributed by atoms with E-state index in [4.69, 9.17) is 32.1 Å². The normalized spacial score (nSPS) is 23.3. The highest BCUT2D eigenvalue weighted by Gasteiger charge is 2.34. The summed E-state index contributed by atoms with van der Waals surface area (Å²) in [5.41, 5.74) is 0. The van der Waals surface area contributed by atoms with Crippen LogP contribution in [0.1, 0.15) is 32.1 Å². The van der Waals surface area contributed by atoms with Crippen molar-refractivity contribution in [3.63, 3.8) is 0 Å². The minimum absolute atomic E-state index is 0.0535. The zero-order valence-corrected chi connectivity index (χ0v) is 17.0. The smallest absolute Gasteiger partial charge is 0.423 e. The number of amides is 1. The van der Waals surface area contributed by atoms with E-state index in [9.17, 15) is 13.2 Å². The second-order valence-corrected chi connectivity index (χ2v) is 8.94. The molecule has 0 radical (unpaired) electrons. The summed E-state index contributed by atoms with van der Waals surface area (Å²) >= 11 is 11.7. The molecule has 3 rings (SSSR count). The maximum Gasteiger partial charge on any atom is 0.423 e. The average Bonchev–Trinajstić information content (AvgIpc) is 2.62. The Kier molecular flexibility index (Phi) is 6.73. The lowest BCUT2D eigenvalue weighted by atomic mass is 9.84. The van der Waals surface area contributed by atoms with Gasteiger partial charge in [-0.15, -0.1) is 0 Å². The van der Waals surface area contributed by atoms with Gasteiger partial charge in [0.05, 0.1) is 11.6 Å². The van der Waals surface area contributed by atoms with Crippen LogP contribution < -0.4 is 8.91 Å². The largest absolute Gasteiger partial charge is 0.448 e. The Morgan fingerprint density at radius 2 is 1.96 bits per heavy atom. The van der Waals surface area contributed by atoms with Crippen LogP contribution in [0.2, 0.25) is 10.0 Å². The van der Waals surface area contributed by atoms with Crippen molar-refractivity contribution in [2.45, 2.75) is 38.1 Å². The van der Waals surface area contributed by atoms with Crippen molar-refractivity contribution >= 4 is 39.6 Å². The van der Waals surface area contributed by atoms with Crippen LogP contribution in [0.3, 0.4) is 0 Å². The number of nitrogens with one attached hydrogen (secondary N) is 1. The van der Waals surface area contributed by atoms with Gasteiger partial charge in [-0.1, -0.05) is 29.6 Å². The minimum atomic E-state index is -4.43. The molecule has 0 saturated carbocycles. The molecule has 0 aliphatic carbocycles. The lowest BCUT2D eigenvalue weighted by Gasteiger charge is -2.44. The summed E-state index contributed by atoms with van der Waals surface area (Å²) in [6.45, 7) is 2.34. The molecule has 0 aromatic heterocycles. The number of hydrogen-bond donors (Lipinski definition) is 1. The van der Waals surface area contributed by atoms with Crippen molar-refractivity contribution < 1.29 is 22.1 Å². The third kappa shape index (κ3) is 5.63. The van der Waals surface area contributed by atoms with Gasteiger partial charge in [0, 0.05) is 23.0 Å². The second-order valence-electron chi connectivity index (χ2n) is 6.81. The maximum atomic E-state index is 12.0. The molecule has 2 heterocycles. The van der Waals surface area contributed by atoms with Gasteiger partial charge in [0.2, 0.25) is 0 Å². The Morgan fingerprint density at radius 1 is 1.19 bits per heavy atom. The lowest BCUT2D eigenvalue weighted by Crippen LogP contribution is -2.49. The summed E-state index contributed by atoms with van der Waals surface area (Å²) in [5, 5.41) is 0.305. The van der Waals surface area contributed by atoms with E-state index in [-0.39, 0.29) is 28.3 Å². The predicted molar refractivity (Wildman–Crippen MR) is 102 cm³/mol. The van der Waals surface area contributed by atoms with Crippen molar-refractivity contribution in [2.75, 3.05) is 19.7 Å². The third-order valence-corrected chi connectivity index (χ3v) is 6.32. The van der Waals surface area contributed by atoms with Crippen molar-refractivity contribution in [3.05, 3.63) is 28.2 Å². The van der Waals surface area contributed by atoms with Gasteiger partial charge in [-0.2, -0.15) is 13.1 Å². The molecule has 1 amide bonds. The fourth-order valence-electron chi connectivity index (χ4n) is 3.77. The van der Waals surface area contributed by atoms with Crippen LogP contribution >= 0.6 is 23.2 Å². The van der Waals surface area contributed by atoms with E-state index in [1.54, 1.807) is 4.72 Å². The molecule has 150 valence electrons. The van der Waals surface area contributed by atoms with Crippen LogP contribution in [0.4, 0.5) is 4.79 Å². The van der Waals surface area contributed by atoms with Crippen LogP contribution in [0.5, 0.6) is 5.75 Å². The molecule has 27 heavy (non-hydrogen) atoms. The van der Waals surface area contributed by atoms with Gasteiger partial charge in [-0.25, -0.2) is 4.79 Å². The van der Waals surface area contributed by atoms with Crippen molar-refractivity contribution in [1.29, 1.82) is 0 Å². The quantitative estimate of drug-likeness (QED) is 0.758. The van der Waals surface area contributed by atoms with Crippen LogP contribution in [0.25, 0.3) is 0 Å². The first-order chi connectivity index (χ1) is 12.8. The zero-order chi connectivity index (χ0) is 19.4. The van der Waals surface area contributed by atoms with E-state index in [0.29, 0.717) is 6.04 Å². The molecule has 1 aromatic rings. The number of halogens is 2. The Bertz CT molecular complexity index is 788. The Balaban J connectivity index is 1.53. The average molecular weight is 437 g/mol. The van der Waals surface area contributed by atoms with Crippen molar-refractivity contribution in [3.8, 4) is 5.75 Å². The van der Waals surface area contributed by atoms with Gasteiger partial charge in [0.15, 0.2) is 5.75 Å². The number of fused-ring (bicyclic) bond motifs is 1. The first kappa shape index (κ1) is 20.5. The van der Waals surface area contributed by atoms with Gasteiger partial charge in [0.1, 0.15) is 0 Å². The Hall–Kier alpha value is -1.22. The van der Waals surface area contributed by atoms with Gasteiger partial charge in [-0.3, -0.25) is 4.90 Å². The molecule has 2 aliphatic rings. The predicted octanol–water partition coefficient (Wildman–Crippen LogP) is 3.61. The summed E-state index contributed by atoms with van der Waals surface area (Å²) in [7, 11) is -4.43. The van der Waals surface area contributed by atoms with E-state index in [1.807, 2.05) is 0 Å². The number of carbonyl (C=O) groups is 1. The van der Waals surface area contributed by atoms with E-state index in [0.717, 1.165) is 32.4 Å². The molecular formula is C17H22Cl2N2O5S. The van der Waals surface area contributed by atoms with Crippen molar-refractivity contribution in [1.82, 2.24) is 9.62 Å². The fourth-order valence-corrected chi connectivity index (χ4v) is 4.81. The summed E-state index contributed by atoms with van der Waals surface area (Å²) in [6, 6.07) is 4.53. The van der Waals surface area contributed by atoms with Gasteiger partial charge in [0.25, 0.3) is 0 Å². The number of ether oxygens (including phenoxy) is 1. The summed E-state index contributed by atoms with van der Waals surface area (Å²) in [4.78, 5) is 14.4. The molecule has 2 unspecified atom stereocenters. The number of nitrogens with zero attached hydrogens (tertiary/aromatic N) is 1. The first-order valence-electron chi connectivity index (χ1n) is 8.92.